The quantitative estimate of drug-likeness (QED) is 0.303. The molecule has 1 fully saturated rings. The second-order valence-corrected chi connectivity index (χ2v) is 9.81. The lowest BCUT2D eigenvalue weighted by atomic mass is 10.1. The number of hydrogen-bond donors (Lipinski definition) is 0. The van der Waals surface area contributed by atoms with E-state index in [1.165, 1.54) is 10.9 Å². The van der Waals surface area contributed by atoms with Crippen LogP contribution in [0.1, 0.15) is 28.4 Å². The van der Waals surface area contributed by atoms with Gasteiger partial charge in [0.25, 0.3) is 5.91 Å². The highest BCUT2D eigenvalue weighted by molar-refractivity contribution is 5.94. The summed E-state index contributed by atoms with van der Waals surface area (Å²) in [6, 6.07) is 26.0. The van der Waals surface area contributed by atoms with Crippen LogP contribution in [-0.4, -0.2) is 55.3 Å². The first-order valence-electron chi connectivity index (χ1n) is 13.4. The van der Waals surface area contributed by atoms with Crippen LogP contribution in [0.5, 0.6) is 23.0 Å². The van der Waals surface area contributed by atoms with Gasteiger partial charge in [0, 0.05) is 43.9 Å². The average Bonchev–Trinajstić information content (AvgIpc) is 3.45. The SMILES string of the molecule is CCOc1ccc(C(=O)N2CCN(Cc3ccc4c(c3)OCO4)CC2)cc1COc1ccc2ccccc2c1. The van der Waals surface area contributed by atoms with Gasteiger partial charge in [0.15, 0.2) is 11.5 Å². The third kappa shape index (κ3) is 5.64. The van der Waals surface area contributed by atoms with Crippen LogP contribution in [0, 0.1) is 0 Å². The number of carbonyl (C=O) groups is 1. The summed E-state index contributed by atoms with van der Waals surface area (Å²) in [5, 5.41) is 2.30. The van der Waals surface area contributed by atoms with Crippen LogP contribution in [0.25, 0.3) is 10.8 Å². The molecule has 39 heavy (non-hydrogen) atoms. The van der Waals surface area contributed by atoms with E-state index in [1.807, 2.05) is 66.4 Å². The Labute approximate surface area is 228 Å². The van der Waals surface area contributed by atoms with Crippen molar-refractivity contribution in [2.45, 2.75) is 20.1 Å². The van der Waals surface area contributed by atoms with Crippen molar-refractivity contribution in [3.63, 3.8) is 0 Å². The van der Waals surface area contributed by atoms with Gasteiger partial charge >= 0.3 is 0 Å². The van der Waals surface area contributed by atoms with E-state index in [4.69, 9.17) is 18.9 Å². The number of rotatable bonds is 8. The van der Waals surface area contributed by atoms with Crippen molar-refractivity contribution in [1.29, 1.82) is 0 Å². The predicted octanol–water partition coefficient (Wildman–Crippen LogP) is 5.50. The monoisotopic (exact) mass is 524 g/mol. The van der Waals surface area contributed by atoms with Crippen LogP contribution in [-0.2, 0) is 13.2 Å². The standard InChI is InChI=1S/C32H32N2O5/c1-2-36-29-12-9-26(18-27(29)21-37-28-10-8-24-5-3-4-6-25(24)19-28)32(35)34-15-13-33(14-16-34)20-23-7-11-30-31(17-23)39-22-38-30/h3-12,17-19H,2,13-16,20-22H2,1H3. The Bertz CT molecular complexity index is 1480. The lowest BCUT2D eigenvalue weighted by Crippen LogP contribution is -2.48. The second kappa shape index (κ2) is 11.3. The van der Waals surface area contributed by atoms with Crippen LogP contribution < -0.4 is 18.9 Å². The van der Waals surface area contributed by atoms with E-state index < -0.39 is 0 Å². The molecule has 7 nitrogen and oxygen atoms in total. The van der Waals surface area contributed by atoms with Gasteiger partial charge in [-0.25, -0.2) is 0 Å². The minimum Gasteiger partial charge on any atom is -0.493 e. The molecule has 0 unspecified atom stereocenters. The van der Waals surface area contributed by atoms with Gasteiger partial charge in [-0.3, -0.25) is 9.69 Å². The smallest absolute Gasteiger partial charge is 0.253 e. The second-order valence-electron chi connectivity index (χ2n) is 9.81. The molecular formula is C32H32N2O5. The summed E-state index contributed by atoms with van der Waals surface area (Å²) in [7, 11) is 0. The molecule has 0 saturated carbocycles. The molecule has 0 aromatic heterocycles. The molecule has 0 bridgehead atoms. The summed E-state index contributed by atoms with van der Waals surface area (Å²) < 4.78 is 22.9. The molecule has 0 aliphatic carbocycles. The lowest BCUT2D eigenvalue weighted by molar-refractivity contribution is 0.0628. The molecule has 4 aromatic carbocycles. The Hall–Kier alpha value is -4.23. The highest BCUT2D eigenvalue weighted by Crippen LogP contribution is 2.33. The minimum absolute atomic E-state index is 0.0349. The Balaban J connectivity index is 1.09. The van der Waals surface area contributed by atoms with Crippen molar-refractivity contribution in [2.24, 2.45) is 0 Å². The van der Waals surface area contributed by atoms with Gasteiger partial charge in [-0.2, -0.15) is 0 Å². The van der Waals surface area contributed by atoms with Gasteiger partial charge in [-0.05, 0) is 65.7 Å². The largest absolute Gasteiger partial charge is 0.493 e. The zero-order chi connectivity index (χ0) is 26.6. The fourth-order valence-corrected chi connectivity index (χ4v) is 5.13. The van der Waals surface area contributed by atoms with Gasteiger partial charge in [-0.15, -0.1) is 0 Å². The van der Waals surface area contributed by atoms with E-state index in [0.717, 1.165) is 53.6 Å². The molecule has 2 aliphatic rings. The number of amides is 1. The summed E-state index contributed by atoms with van der Waals surface area (Å²) >= 11 is 0. The summed E-state index contributed by atoms with van der Waals surface area (Å²) in [5.74, 6) is 3.16. The van der Waals surface area contributed by atoms with Crippen LogP contribution in [0.15, 0.2) is 78.9 Å². The van der Waals surface area contributed by atoms with E-state index in [0.29, 0.717) is 31.9 Å². The normalized spacial score (nSPS) is 14.9. The molecule has 2 aliphatic heterocycles. The maximum Gasteiger partial charge on any atom is 0.253 e. The van der Waals surface area contributed by atoms with Gasteiger partial charge in [-0.1, -0.05) is 36.4 Å². The molecular weight excluding hydrogens is 492 g/mol. The number of piperazine rings is 1. The maximum absolute atomic E-state index is 13.4. The molecule has 6 rings (SSSR count). The predicted molar refractivity (Wildman–Crippen MR) is 150 cm³/mol. The van der Waals surface area contributed by atoms with E-state index >= 15 is 0 Å². The van der Waals surface area contributed by atoms with Crippen LogP contribution in [0.3, 0.4) is 0 Å². The summed E-state index contributed by atoms with van der Waals surface area (Å²) in [6.07, 6.45) is 0. The molecule has 200 valence electrons. The van der Waals surface area contributed by atoms with Gasteiger partial charge in [0.05, 0.1) is 6.61 Å². The van der Waals surface area contributed by atoms with Crippen molar-refractivity contribution in [3.8, 4) is 23.0 Å². The maximum atomic E-state index is 13.4. The molecule has 2 heterocycles. The minimum atomic E-state index is 0.0349. The van der Waals surface area contributed by atoms with E-state index in [1.54, 1.807) is 0 Å². The number of hydrogen-bond acceptors (Lipinski definition) is 6. The topological polar surface area (TPSA) is 60.5 Å². The summed E-state index contributed by atoms with van der Waals surface area (Å²) in [5.41, 5.74) is 2.69. The number of carbonyl (C=O) groups excluding carboxylic acids is 1. The lowest BCUT2D eigenvalue weighted by Gasteiger charge is -2.35. The van der Waals surface area contributed by atoms with Crippen molar-refractivity contribution in [3.05, 3.63) is 95.6 Å². The highest BCUT2D eigenvalue weighted by atomic mass is 16.7. The Morgan fingerprint density at radius 2 is 1.64 bits per heavy atom. The van der Waals surface area contributed by atoms with Crippen LogP contribution >= 0.6 is 0 Å². The first kappa shape index (κ1) is 25.1. The number of fused-ring (bicyclic) bond motifs is 2. The van der Waals surface area contributed by atoms with Gasteiger partial charge < -0.3 is 23.8 Å². The summed E-state index contributed by atoms with van der Waals surface area (Å²) in [4.78, 5) is 17.7. The van der Waals surface area contributed by atoms with Gasteiger partial charge in [0.2, 0.25) is 6.79 Å². The van der Waals surface area contributed by atoms with Crippen LogP contribution in [0.2, 0.25) is 0 Å². The molecule has 0 spiro atoms. The van der Waals surface area contributed by atoms with E-state index in [2.05, 4.69) is 29.2 Å². The van der Waals surface area contributed by atoms with Crippen molar-refractivity contribution < 1.29 is 23.7 Å². The first-order valence-corrected chi connectivity index (χ1v) is 13.4. The fraction of sp³-hybridized carbons (Fsp3) is 0.281. The number of benzene rings is 4. The van der Waals surface area contributed by atoms with E-state index in [9.17, 15) is 4.79 Å². The Kier molecular flexibility index (Phi) is 7.23. The third-order valence-corrected chi connectivity index (χ3v) is 7.23. The van der Waals surface area contributed by atoms with Crippen molar-refractivity contribution in [2.75, 3.05) is 39.6 Å². The molecule has 0 radical (unpaired) electrons. The molecule has 1 amide bonds. The Morgan fingerprint density at radius 1 is 0.821 bits per heavy atom. The number of nitrogens with zero attached hydrogens (tertiary/aromatic N) is 2. The van der Waals surface area contributed by atoms with E-state index in [-0.39, 0.29) is 12.7 Å². The average molecular weight is 525 g/mol. The van der Waals surface area contributed by atoms with Crippen molar-refractivity contribution in [1.82, 2.24) is 9.80 Å². The first-order chi connectivity index (χ1) is 19.2. The zero-order valence-electron chi connectivity index (χ0n) is 22.1. The zero-order valence-corrected chi connectivity index (χ0v) is 22.1. The molecule has 0 N–H and O–H groups in total. The molecule has 7 heteroatoms. The highest BCUT2D eigenvalue weighted by Gasteiger charge is 2.24. The molecule has 4 aromatic rings. The van der Waals surface area contributed by atoms with Gasteiger partial charge in [0.1, 0.15) is 18.1 Å². The fourth-order valence-electron chi connectivity index (χ4n) is 5.13. The number of ether oxygens (including phenoxy) is 4. The Morgan fingerprint density at radius 3 is 2.49 bits per heavy atom. The van der Waals surface area contributed by atoms with Crippen molar-refractivity contribution >= 4 is 16.7 Å². The molecule has 0 atom stereocenters. The molecule has 1 saturated heterocycles. The third-order valence-electron chi connectivity index (χ3n) is 7.23. The summed E-state index contributed by atoms with van der Waals surface area (Å²) in [6.45, 7) is 6.90. The van der Waals surface area contributed by atoms with Crippen LogP contribution in [0.4, 0.5) is 0 Å².